The Hall–Kier alpha value is -6.59. The highest BCUT2D eigenvalue weighted by molar-refractivity contribution is 6.19. The largest absolute Gasteiger partial charge is 0.375 e. The van der Waals surface area contributed by atoms with Gasteiger partial charge in [0.05, 0.1) is 11.7 Å². The van der Waals surface area contributed by atoms with Crippen molar-refractivity contribution in [1.82, 2.24) is 5.32 Å². The second-order valence-electron chi connectivity index (χ2n) is 14.9. The molecule has 0 spiro atoms. The number of aliphatic imine (C=N–C) groups is 1. The van der Waals surface area contributed by atoms with Gasteiger partial charge in [-0.15, -0.1) is 0 Å². The van der Waals surface area contributed by atoms with Crippen LogP contribution in [0.5, 0.6) is 0 Å². The highest BCUT2D eigenvalue weighted by atomic mass is 15.1. The van der Waals surface area contributed by atoms with Crippen LogP contribution >= 0.6 is 0 Å². The first-order valence-corrected chi connectivity index (χ1v) is 19.3. The van der Waals surface area contributed by atoms with E-state index in [4.69, 9.17) is 10.7 Å². The number of nitrogens with one attached hydrogen (secondary N) is 2. The third kappa shape index (κ3) is 7.04. The van der Waals surface area contributed by atoms with Crippen molar-refractivity contribution < 1.29 is 0 Å². The molecule has 4 N–H and O–H groups in total. The predicted octanol–water partition coefficient (Wildman–Crippen LogP) is 12.3. The molecule has 0 radical (unpaired) electrons. The number of hydrogen-bond donors (Lipinski definition) is 3. The quantitative estimate of drug-likeness (QED) is 0.0747. The molecule has 4 heteroatoms. The van der Waals surface area contributed by atoms with Crippen LogP contribution in [0.3, 0.4) is 0 Å². The van der Waals surface area contributed by atoms with Gasteiger partial charge in [-0.3, -0.25) is 10.3 Å². The second-order valence-corrected chi connectivity index (χ2v) is 14.9. The molecule has 0 aromatic heterocycles. The monoisotopic (exact) mass is 724 g/mol. The molecule has 1 aliphatic rings. The standard InChI is InChI=1S/C52H44N4/c1-52(33-13-12-22-48(52)47-34-42-19-9-10-20-44(42)46-32-29-39-18-8-11-21-45(39)49(46)47)56-43-30-27-40(28-31-43)50(53)55-51(54-35-36-14-4-2-5-15-36)41-25-23-38(24-26-41)37-16-6-3-7-17-37/h2-35,48,50-51,55-56H,53H2,1H3/b54-35+. The van der Waals surface area contributed by atoms with Crippen LogP contribution in [0.2, 0.25) is 0 Å². The molecule has 0 aliphatic heterocycles. The third-order valence-electron chi connectivity index (χ3n) is 11.1. The maximum atomic E-state index is 6.90. The lowest BCUT2D eigenvalue weighted by molar-refractivity contribution is 0.467. The molecule has 8 aromatic carbocycles. The highest BCUT2D eigenvalue weighted by Crippen LogP contribution is 2.44. The lowest BCUT2D eigenvalue weighted by Gasteiger charge is -2.38. The normalized spacial score (nSPS) is 17.8. The van der Waals surface area contributed by atoms with Crippen LogP contribution in [0.15, 0.2) is 205 Å². The Morgan fingerprint density at radius 1 is 0.607 bits per heavy atom. The molecule has 0 fully saturated rings. The van der Waals surface area contributed by atoms with Gasteiger partial charge >= 0.3 is 0 Å². The van der Waals surface area contributed by atoms with E-state index in [1.165, 1.54) is 43.4 Å². The first-order valence-electron chi connectivity index (χ1n) is 19.3. The number of nitrogens with two attached hydrogens (primary N) is 1. The summed E-state index contributed by atoms with van der Waals surface area (Å²) in [5, 5.41) is 15.2. The molecule has 272 valence electrons. The van der Waals surface area contributed by atoms with Crippen molar-refractivity contribution in [2.45, 2.75) is 30.7 Å². The van der Waals surface area contributed by atoms with E-state index in [-0.39, 0.29) is 12.1 Å². The summed E-state index contributed by atoms with van der Waals surface area (Å²) in [6, 6.07) is 62.1. The van der Waals surface area contributed by atoms with E-state index >= 15 is 0 Å². The van der Waals surface area contributed by atoms with Gasteiger partial charge in [0, 0.05) is 17.8 Å². The minimum atomic E-state index is -0.450. The molecule has 0 saturated heterocycles. The van der Waals surface area contributed by atoms with Crippen LogP contribution < -0.4 is 16.4 Å². The van der Waals surface area contributed by atoms with Crippen molar-refractivity contribution in [2.24, 2.45) is 10.7 Å². The molecule has 0 heterocycles. The Labute approximate surface area is 328 Å². The summed E-state index contributed by atoms with van der Waals surface area (Å²) in [7, 11) is 0. The summed E-state index contributed by atoms with van der Waals surface area (Å²) in [6.45, 7) is 2.30. The van der Waals surface area contributed by atoms with Gasteiger partial charge in [-0.05, 0) is 90.8 Å². The van der Waals surface area contributed by atoms with E-state index in [9.17, 15) is 0 Å². The van der Waals surface area contributed by atoms with Crippen LogP contribution in [0.25, 0.3) is 43.4 Å². The molecule has 0 amide bonds. The van der Waals surface area contributed by atoms with Crippen molar-refractivity contribution in [1.29, 1.82) is 0 Å². The van der Waals surface area contributed by atoms with Crippen LogP contribution in [0.1, 0.15) is 47.4 Å². The minimum absolute atomic E-state index is 0.0746. The average Bonchev–Trinajstić information content (AvgIpc) is 3.25. The summed E-state index contributed by atoms with van der Waals surface area (Å²) in [4.78, 5) is 4.99. The number of allylic oxidation sites excluding steroid dienone is 2. The second kappa shape index (κ2) is 15.3. The lowest BCUT2D eigenvalue weighted by Crippen LogP contribution is -2.39. The Balaban J connectivity index is 0.994. The van der Waals surface area contributed by atoms with Gasteiger partial charge in [-0.2, -0.15) is 0 Å². The van der Waals surface area contributed by atoms with E-state index in [0.717, 1.165) is 27.9 Å². The summed E-state index contributed by atoms with van der Waals surface area (Å²) >= 11 is 0. The van der Waals surface area contributed by atoms with Gasteiger partial charge < -0.3 is 11.1 Å². The van der Waals surface area contributed by atoms with Crippen LogP contribution in [0.4, 0.5) is 5.69 Å². The zero-order valence-corrected chi connectivity index (χ0v) is 31.4. The lowest BCUT2D eigenvalue weighted by atomic mass is 9.74. The molecule has 8 aromatic rings. The van der Waals surface area contributed by atoms with Crippen molar-refractivity contribution in [3.8, 4) is 11.1 Å². The molecule has 56 heavy (non-hydrogen) atoms. The molecule has 0 saturated carbocycles. The Kier molecular flexibility index (Phi) is 9.58. The van der Waals surface area contributed by atoms with Gasteiger partial charge in [-0.25, -0.2) is 0 Å². The Bertz CT molecular complexity index is 2720. The molecular formula is C52H44N4. The van der Waals surface area contributed by atoms with E-state index in [1.807, 2.05) is 30.5 Å². The number of fused-ring (bicyclic) bond motifs is 5. The Morgan fingerprint density at radius 3 is 2.02 bits per heavy atom. The number of hydrogen-bond acceptors (Lipinski definition) is 4. The van der Waals surface area contributed by atoms with E-state index in [2.05, 4.69) is 194 Å². The first kappa shape index (κ1) is 35.1. The van der Waals surface area contributed by atoms with Gasteiger partial charge in [0.1, 0.15) is 6.17 Å². The molecule has 4 atom stereocenters. The van der Waals surface area contributed by atoms with Crippen LogP contribution in [0, 0.1) is 0 Å². The molecular weight excluding hydrogens is 681 g/mol. The van der Waals surface area contributed by atoms with Crippen LogP contribution in [-0.2, 0) is 0 Å². The van der Waals surface area contributed by atoms with E-state index in [1.54, 1.807) is 0 Å². The fourth-order valence-electron chi connectivity index (χ4n) is 8.21. The van der Waals surface area contributed by atoms with Gasteiger partial charge in [-0.1, -0.05) is 182 Å². The number of nitrogens with zero attached hydrogens (tertiary/aromatic N) is 1. The number of anilines is 1. The summed E-state index contributed by atoms with van der Waals surface area (Å²) in [5.74, 6) is 0.0746. The topological polar surface area (TPSA) is 62.4 Å². The number of benzene rings is 8. The zero-order chi connectivity index (χ0) is 37.9. The maximum Gasteiger partial charge on any atom is 0.127 e. The molecule has 9 rings (SSSR count). The fourth-order valence-corrected chi connectivity index (χ4v) is 8.21. The van der Waals surface area contributed by atoms with Crippen molar-refractivity contribution in [2.75, 3.05) is 5.32 Å². The van der Waals surface area contributed by atoms with Gasteiger partial charge in [0.2, 0.25) is 0 Å². The summed E-state index contributed by atoms with van der Waals surface area (Å²) < 4.78 is 0. The average molecular weight is 725 g/mol. The van der Waals surface area contributed by atoms with Gasteiger partial charge in [0.15, 0.2) is 0 Å². The van der Waals surface area contributed by atoms with Crippen molar-refractivity contribution in [3.05, 3.63) is 222 Å². The molecule has 1 aliphatic carbocycles. The zero-order valence-electron chi connectivity index (χ0n) is 31.4. The molecule has 4 nitrogen and oxygen atoms in total. The first-order chi connectivity index (χ1) is 27.5. The number of rotatable bonds is 10. The van der Waals surface area contributed by atoms with Crippen LogP contribution in [-0.4, -0.2) is 11.8 Å². The SMILES string of the molecule is CC1(Nc2ccc(C(N)NC(/N=C/c3ccccc3)c3ccc(-c4ccccc4)cc3)cc2)C=CC=CC1c1cc2ccccc2c2ccc3ccccc3c12. The summed E-state index contributed by atoms with van der Waals surface area (Å²) in [6.07, 6.45) is 10.1. The maximum absolute atomic E-state index is 6.90. The van der Waals surface area contributed by atoms with Crippen molar-refractivity contribution >= 4 is 44.2 Å². The van der Waals surface area contributed by atoms with Gasteiger partial charge in [0.25, 0.3) is 0 Å². The minimum Gasteiger partial charge on any atom is -0.375 e. The smallest absolute Gasteiger partial charge is 0.127 e. The fraction of sp³-hybridized carbons (Fsp3) is 0.0962. The summed E-state index contributed by atoms with van der Waals surface area (Å²) in [5.41, 5.74) is 14.2. The van der Waals surface area contributed by atoms with E-state index in [0.29, 0.717) is 0 Å². The predicted molar refractivity (Wildman–Crippen MR) is 237 cm³/mol. The highest BCUT2D eigenvalue weighted by Gasteiger charge is 2.34. The third-order valence-corrected chi connectivity index (χ3v) is 11.1. The Morgan fingerprint density at radius 2 is 1.25 bits per heavy atom. The molecule has 0 bridgehead atoms. The van der Waals surface area contributed by atoms with E-state index < -0.39 is 11.7 Å². The molecule has 4 unspecified atom stereocenters. The van der Waals surface area contributed by atoms with Crippen molar-refractivity contribution in [3.63, 3.8) is 0 Å².